The van der Waals surface area contributed by atoms with Crippen molar-refractivity contribution in [3.05, 3.63) is 18.2 Å². The molecule has 1 atom stereocenters. The van der Waals surface area contributed by atoms with Crippen molar-refractivity contribution in [1.82, 2.24) is 19.8 Å². The summed E-state index contributed by atoms with van der Waals surface area (Å²) < 4.78 is 2.09. The molecule has 1 saturated heterocycles. The van der Waals surface area contributed by atoms with E-state index in [-0.39, 0.29) is 0 Å². The SMILES string of the molecule is CCCN1CCC(C(C)NCc2nccn2C)CC1. The van der Waals surface area contributed by atoms with Crippen LogP contribution < -0.4 is 5.32 Å². The van der Waals surface area contributed by atoms with E-state index in [1.54, 1.807) is 0 Å². The third-order valence-electron chi connectivity index (χ3n) is 4.38. The van der Waals surface area contributed by atoms with E-state index in [1.807, 2.05) is 12.4 Å². The molecule has 4 heteroatoms. The summed E-state index contributed by atoms with van der Waals surface area (Å²) in [7, 11) is 2.05. The van der Waals surface area contributed by atoms with E-state index < -0.39 is 0 Å². The molecule has 0 spiro atoms. The van der Waals surface area contributed by atoms with Crippen LogP contribution in [0.2, 0.25) is 0 Å². The predicted octanol–water partition coefficient (Wildman–Crippen LogP) is 2.02. The number of piperidine rings is 1. The van der Waals surface area contributed by atoms with Gasteiger partial charge in [0, 0.05) is 25.5 Å². The largest absolute Gasteiger partial charge is 0.337 e. The standard InChI is InChI=1S/C15H28N4/c1-4-8-19-9-5-14(6-10-19)13(2)17-12-15-16-7-11-18(15)3/h7,11,13-14,17H,4-6,8-10,12H2,1-3H3. The number of aryl methyl sites for hydroxylation is 1. The minimum absolute atomic E-state index is 0.584. The van der Waals surface area contributed by atoms with Gasteiger partial charge in [-0.15, -0.1) is 0 Å². The predicted molar refractivity (Wildman–Crippen MR) is 79.0 cm³/mol. The summed E-state index contributed by atoms with van der Waals surface area (Å²) in [6.45, 7) is 9.27. The van der Waals surface area contributed by atoms with Crippen molar-refractivity contribution in [2.24, 2.45) is 13.0 Å². The van der Waals surface area contributed by atoms with Crippen LogP contribution in [0.4, 0.5) is 0 Å². The summed E-state index contributed by atoms with van der Waals surface area (Å²) in [5.74, 6) is 1.93. The molecule has 2 heterocycles. The number of nitrogens with one attached hydrogen (secondary N) is 1. The topological polar surface area (TPSA) is 33.1 Å². The zero-order valence-electron chi connectivity index (χ0n) is 12.6. The van der Waals surface area contributed by atoms with Crippen molar-refractivity contribution in [3.63, 3.8) is 0 Å². The minimum atomic E-state index is 0.584. The van der Waals surface area contributed by atoms with E-state index >= 15 is 0 Å². The van der Waals surface area contributed by atoms with Gasteiger partial charge < -0.3 is 14.8 Å². The van der Waals surface area contributed by atoms with Gasteiger partial charge in [-0.1, -0.05) is 6.92 Å². The van der Waals surface area contributed by atoms with Gasteiger partial charge in [-0.25, -0.2) is 4.98 Å². The van der Waals surface area contributed by atoms with E-state index in [2.05, 4.69) is 40.7 Å². The molecule has 1 N–H and O–H groups in total. The molecule has 0 aliphatic carbocycles. The number of likely N-dealkylation sites (tertiary alicyclic amines) is 1. The number of aromatic nitrogens is 2. The van der Waals surface area contributed by atoms with Gasteiger partial charge in [0.25, 0.3) is 0 Å². The quantitative estimate of drug-likeness (QED) is 0.853. The van der Waals surface area contributed by atoms with Gasteiger partial charge in [-0.3, -0.25) is 0 Å². The number of hydrogen-bond acceptors (Lipinski definition) is 3. The summed E-state index contributed by atoms with van der Waals surface area (Å²) >= 11 is 0. The van der Waals surface area contributed by atoms with Gasteiger partial charge in [0.05, 0.1) is 6.54 Å². The monoisotopic (exact) mass is 264 g/mol. The van der Waals surface area contributed by atoms with Crippen molar-refractivity contribution in [3.8, 4) is 0 Å². The Labute approximate surface area is 117 Å². The Hall–Kier alpha value is -0.870. The highest BCUT2D eigenvalue weighted by atomic mass is 15.1. The summed E-state index contributed by atoms with van der Waals surface area (Å²) in [6, 6.07) is 0.584. The fraction of sp³-hybridized carbons (Fsp3) is 0.800. The first-order chi connectivity index (χ1) is 9.20. The first-order valence-corrected chi connectivity index (χ1v) is 7.62. The first-order valence-electron chi connectivity index (χ1n) is 7.62. The highest BCUT2D eigenvalue weighted by Crippen LogP contribution is 2.20. The molecule has 2 rings (SSSR count). The molecular formula is C15H28N4. The van der Waals surface area contributed by atoms with Crippen LogP contribution in [-0.2, 0) is 13.6 Å². The van der Waals surface area contributed by atoms with Gasteiger partial charge in [0.1, 0.15) is 5.82 Å². The molecule has 0 amide bonds. The van der Waals surface area contributed by atoms with E-state index in [0.717, 1.165) is 18.3 Å². The molecule has 1 unspecified atom stereocenters. The minimum Gasteiger partial charge on any atom is -0.337 e. The number of rotatable bonds is 6. The van der Waals surface area contributed by atoms with Gasteiger partial charge in [-0.2, -0.15) is 0 Å². The molecule has 0 radical (unpaired) electrons. The third-order valence-corrected chi connectivity index (χ3v) is 4.38. The lowest BCUT2D eigenvalue weighted by Crippen LogP contribution is -2.42. The molecule has 108 valence electrons. The third kappa shape index (κ3) is 4.05. The molecule has 4 nitrogen and oxygen atoms in total. The Morgan fingerprint density at radius 1 is 1.42 bits per heavy atom. The van der Waals surface area contributed by atoms with E-state index in [1.165, 1.54) is 38.9 Å². The normalized spacial score (nSPS) is 19.7. The molecule has 1 fully saturated rings. The average Bonchev–Trinajstić information content (AvgIpc) is 2.83. The number of imidazole rings is 1. The molecule has 19 heavy (non-hydrogen) atoms. The maximum Gasteiger partial charge on any atom is 0.122 e. The number of hydrogen-bond donors (Lipinski definition) is 1. The van der Waals surface area contributed by atoms with Crippen LogP contribution in [0.1, 0.15) is 38.9 Å². The molecule has 0 aromatic carbocycles. The second-order valence-electron chi connectivity index (χ2n) is 5.80. The van der Waals surface area contributed by atoms with Gasteiger partial charge >= 0.3 is 0 Å². The van der Waals surface area contributed by atoms with Crippen molar-refractivity contribution in [1.29, 1.82) is 0 Å². The van der Waals surface area contributed by atoms with Crippen LogP contribution >= 0.6 is 0 Å². The molecule has 1 aromatic rings. The van der Waals surface area contributed by atoms with Crippen molar-refractivity contribution < 1.29 is 0 Å². The Kier molecular flexibility index (Phi) is 5.40. The van der Waals surface area contributed by atoms with Gasteiger partial charge in [-0.05, 0) is 51.7 Å². The van der Waals surface area contributed by atoms with Gasteiger partial charge in [0.15, 0.2) is 0 Å². The number of nitrogens with zero attached hydrogens (tertiary/aromatic N) is 3. The van der Waals surface area contributed by atoms with Crippen LogP contribution in [0.15, 0.2) is 12.4 Å². The second kappa shape index (κ2) is 7.06. The Morgan fingerprint density at radius 3 is 2.74 bits per heavy atom. The molecule has 0 saturated carbocycles. The van der Waals surface area contributed by atoms with Crippen LogP contribution in [-0.4, -0.2) is 40.1 Å². The fourth-order valence-electron chi connectivity index (χ4n) is 2.98. The van der Waals surface area contributed by atoms with Crippen LogP contribution in [0.5, 0.6) is 0 Å². The molecule has 0 bridgehead atoms. The molecule has 1 aliphatic heterocycles. The lowest BCUT2D eigenvalue weighted by atomic mass is 9.90. The van der Waals surface area contributed by atoms with E-state index in [0.29, 0.717) is 6.04 Å². The van der Waals surface area contributed by atoms with E-state index in [4.69, 9.17) is 0 Å². The average molecular weight is 264 g/mol. The molecule has 1 aromatic heterocycles. The van der Waals surface area contributed by atoms with Crippen molar-refractivity contribution in [2.45, 2.75) is 45.7 Å². The maximum absolute atomic E-state index is 4.36. The van der Waals surface area contributed by atoms with Crippen molar-refractivity contribution in [2.75, 3.05) is 19.6 Å². The highest BCUT2D eigenvalue weighted by molar-refractivity contribution is 4.91. The fourth-order valence-corrected chi connectivity index (χ4v) is 2.98. The molecule has 1 aliphatic rings. The first kappa shape index (κ1) is 14.5. The Morgan fingerprint density at radius 2 is 2.16 bits per heavy atom. The van der Waals surface area contributed by atoms with E-state index in [9.17, 15) is 0 Å². The highest BCUT2D eigenvalue weighted by Gasteiger charge is 2.23. The Balaban J connectivity index is 1.72. The lowest BCUT2D eigenvalue weighted by Gasteiger charge is -2.35. The summed E-state index contributed by atoms with van der Waals surface area (Å²) in [4.78, 5) is 6.96. The lowest BCUT2D eigenvalue weighted by molar-refractivity contribution is 0.162. The Bertz CT molecular complexity index is 366. The summed E-state index contributed by atoms with van der Waals surface area (Å²) in [6.07, 6.45) is 7.80. The summed E-state index contributed by atoms with van der Waals surface area (Å²) in [5.41, 5.74) is 0. The maximum atomic E-state index is 4.36. The van der Waals surface area contributed by atoms with Crippen molar-refractivity contribution >= 4 is 0 Å². The zero-order valence-corrected chi connectivity index (χ0v) is 12.6. The van der Waals surface area contributed by atoms with Gasteiger partial charge in [0.2, 0.25) is 0 Å². The smallest absolute Gasteiger partial charge is 0.122 e. The zero-order chi connectivity index (χ0) is 13.7. The second-order valence-corrected chi connectivity index (χ2v) is 5.80. The summed E-state index contributed by atoms with van der Waals surface area (Å²) in [5, 5.41) is 3.64. The van der Waals surface area contributed by atoms with Crippen LogP contribution in [0, 0.1) is 5.92 Å². The van der Waals surface area contributed by atoms with Crippen LogP contribution in [0.3, 0.4) is 0 Å². The molecular weight excluding hydrogens is 236 g/mol. The van der Waals surface area contributed by atoms with Crippen LogP contribution in [0.25, 0.3) is 0 Å².